The van der Waals surface area contributed by atoms with Gasteiger partial charge in [0.25, 0.3) is 5.56 Å². The largest absolute Gasteiger partial charge is 0.298 e. The summed E-state index contributed by atoms with van der Waals surface area (Å²) in [6, 6.07) is 19.0. The number of hydrogen-bond acceptors (Lipinski definition) is 3. The van der Waals surface area contributed by atoms with E-state index in [9.17, 15) is 4.79 Å². The first-order valence-electron chi connectivity index (χ1n) is 12.5. The van der Waals surface area contributed by atoms with Crippen LogP contribution in [0, 0.1) is 6.92 Å². The fourth-order valence-corrected chi connectivity index (χ4v) is 5.84. The molecule has 0 spiro atoms. The molecule has 6 heteroatoms. The molecule has 0 N–H and O–H groups in total. The molecule has 4 aromatic rings. The van der Waals surface area contributed by atoms with Crippen LogP contribution in [0.4, 0.5) is 0 Å². The predicted molar refractivity (Wildman–Crippen MR) is 151 cm³/mol. The Morgan fingerprint density at radius 2 is 1.61 bits per heavy atom. The van der Waals surface area contributed by atoms with Gasteiger partial charge in [-0.3, -0.25) is 19.2 Å². The molecule has 4 nitrogen and oxygen atoms in total. The first-order chi connectivity index (χ1) is 17.1. The first-order valence-corrected chi connectivity index (χ1v) is 13.2. The van der Waals surface area contributed by atoms with Crippen molar-refractivity contribution in [3.05, 3.63) is 92.3 Å². The van der Waals surface area contributed by atoms with Gasteiger partial charge in [0.05, 0.1) is 21.9 Å². The fourth-order valence-electron chi connectivity index (χ4n) is 5.31. The summed E-state index contributed by atoms with van der Waals surface area (Å²) in [4.78, 5) is 21.1. The smallest absolute Gasteiger partial charge is 0.255 e. The molecule has 1 aliphatic heterocycles. The molecule has 186 valence electrons. The molecule has 0 radical (unpaired) electrons. The van der Waals surface area contributed by atoms with Crippen LogP contribution in [0.5, 0.6) is 0 Å². The molecule has 0 saturated carbocycles. The minimum atomic E-state index is -0.122. The molecule has 3 heterocycles. The number of piperidine rings is 1. The molecule has 1 saturated heterocycles. The van der Waals surface area contributed by atoms with E-state index in [1.54, 1.807) is 10.6 Å². The minimum absolute atomic E-state index is 0.122. The van der Waals surface area contributed by atoms with Crippen molar-refractivity contribution in [2.75, 3.05) is 13.1 Å². The van der Waals surface area contributed by atoms with Crippen LogP contribution in [0.15, 0.2) is 65.5 Å². The molecule has 0 amide bonds. The number of nitrogens with zero attached hydrogens (tertiary/aromatic N) is 3. The molecule has 0 atom stereocenters. The Hall–Kier alpha value is -2.66. The third-order valence-electron chi connectivity index (χ3n) is 7.31. The van der Waals surface area contributed by atoms with Crippen molar-refractivity contribution in [2.24, 2.45) is 0 Å². The van der Waals surface area contributed by atoms with E-state index in [1.165, 1.54) is 0 Å². The number of likely N-dealkylation sites (tertiary alicyclic amines) is 1. The Balaban J connectivity index is 1.76. The first kappa shape index (κ1) is 25.0. The molecule has 0 unspecified atom stereocenters. The minimum Gasteiger partial charge on any atom is -0.298 e. The number of fused-ring (bicyclic) bond motifs is 1. The van der Waals surface area contributed by atoms with Gasteiger partial charge in [0.2, 0.25) is 0 Å². The Morgan fingerprint density at radius 3 is 2.28 bits per heavy atom. The summed E-state index contributed by atoms with van der Waals surface area (Å²) < 4.78 is 1.74. The van der Waals surface area contributed by atoms with Crippen molar-refractivity contribution < 1.29 is 0 Å². The maximum atomic E-state index is 13.3. The molecular weight excluding hydrogens is 489 g/mol. The van der Waals surface area contributed by atoms with Gasteiger partial charge in [-0.1, -0.05) is 53.5 Å². The van der Waals surface area contributed by atoms with Crippen LogP contribution in [0.1, 0.15) is 50.8 Å². The lowest BCUT2D eigenvalue weighted by atomic mass is 9.89. The summed E-state index contributed by atoms with van der Waals surface area (Å²) in [5, 5.41) is 2.05. The van der Waals surface area contributed by atoms with Gasteiger partial charge in [-0.15, -0.1) is 0 Å². The maximum Gasteiger partial charge on any atom is 0.255 e. The van der Waals surface area contributed by atoms with Crippen LogP contribution in [-0.4, -0.2) is 33.1 Å². The summed E-state index contributed by atoms with van der Waals surface area (Å²) >= 11 is 13.3. The lowest BCUT2D eigenvalue weighted by Gasteiger charge is -2.40. The summed E-state index contributed by atoms with van der Waals surface area (Å²) in [6.07, 6.45) is 2.03. The van der Waals surface area contributed by atoms with Crippen LogP contribution in [0.3, 0.4) is 0 Å². The molecular formula is C30H31Cl2N3O. The molecule has 36 heavy (non-hydrogen) atoms. The van der Waals surface area contributed by atoms with Crippen LogP contribution in [0.25, 0.3) is 27.8 Å². The van der Waals surface area contributed by atoms with Gasteiger partial charge in [-0.05, 0) is 83.5 Å². The van der Waals surface area contributed by atoms with Gasteiger partial charge < -0.3 is 0 Å². The monoisotopic (exact) mass is 519 g/mol. The number of aromatic nitrogens is 2. The van der Waals surface area contributed by atoms with Crippen LogP contribution >= 0.6 is 23.2 Å². The van der Waals surface area contributed by atoms with Crippen LogP contribution in [0.2, 0.25) is 10.0 Å². The molecule has 0 aliphatic carbocycles. The highest BCUT2D eigenvalue weighted by Crippen LogP contribution is 2.37. The molecule has 1 aliphatic rings. The standard InChI is InChI=1S/C30H31Cl2N3O/c1-19-8-7-11-24(32)29(19)35-26-18-25(20-14-16-34(17-15-20)30(2,3)4)33-28(22(26)12-13-27(35)36)21-9-5-6-10-23(21)31/h5-13,18,20H,14-17H2,1-4H3. The van der Waals surface area contributed by atoms with E-state index in [0.29, 0.717) is 21.7 Å². The second-order valence-electron chi connectivity index (χ2n) is 10.7. The highest BCUT2D eigenvalue weighted by Gasteiger charge is 2.29. The zero-order valence-electron chi connectivity index (χ0n) is 21.2. The molecule has 2 aromatic heterocycles. The van der Waals surface area contributed by atoms with E-state index in [1.807, 2.05) is 55.5 Å². The second kappa shape index (κ2) is 9.66. The van der Waals surface area contributed by atoms with E-state index in [-0.39, 0.29) is 11.1 Å². The number of rotatable bonds is 3. The van der Waals surface area contributed by atoms with Crippen molar-refractivity contribution in [3.63, 3.8) is 0 Å². The highest BCUT2D eigenvalue weighted by atomic mass is 35.5. The fraction of sp³-hybridized carbons (Fsp3) is 0.333. The number of halogens is 2. The van der Waals surface area contributed by atoms with E-state index >= 15 is 0 Å². The quantitative estimate of drug-likeness (QED) is 0.279. The Kier molecular flexibility index (Phi) is 6.71. The van der Waals surface area contributed by atoms with Crippen molar-refractivity contribution in [3.8, 4) is 16.9 Å². The number of benzene rings is 2. The molecule has 0 bridgehead atoms. The van der Waals surface area contributed by atoms with Crippen LogP contribution in [-0.2, 0) is 0 Å². The summed E-state index contributed by atoms with van der Waals surface area (Å²) in [7, 11) is 0. The highest BCUT2D eigenvalue weighted by molar-refractivity contribution is 6.33. The third-order valence-corrected chi connectivity index (χ3v) is 7.95. The average molecular weight is 521 g/mol. The molecule has 2 aromatic carbocycles. The third kappa shape index (κ3) is 4.58. The molecule has 5 rings (SSSR count). The maximum absolute atomic E-state index is 13.3. The number of hydrogen-bond donors (Lipinski definition) is 0. The Bertz CT molecular complexity index is 1470. The van der Waals surface area contributed by atoms with Gasteiger partial charge in [0.1, 0.15) is 0 Å². The van der Waals surface area contributed by atoms with Crippen LogP contribution < -0.4 is 5.56 Å². The topological polar surface area (TPSA) is 38.1 Å². The summed E-state index contributed by atoms with van der Waals surface area (Å²) in [5.74, 6) is 0.297. The second-order valence-corrected chi connectivity index (χ2v) is 11.5. The number of aryl methyl sites for hydroxylation is 1. The Labute approximate surface area is 222 Å². The zero-order chi connectivity index (χ0) is 25.6. The van der Waals surface area contributed by atoms with Gasteiger partial charge >= 0.3 is 0 Å². The predicted octanol–water partition coefficient (Wildman–Crippen LogP) is 7.65. The van der Waals surface area contributed by atoms with E-state index in [0.717, 1.165) is 59.3 Å². The van der Waals surface area contributed by atoms with E-state index in [2.05, 4.69) is 31.7 Å². The van der Waals surface area contributed by atoms with Crippen molar-refractivity contribution in [2.45, 2.75) is 52.0 Å². The van der Waals surface area contributed by atoms with Gasteiger partial charge in [-0.2, -0.15) is 0 Å². The van der Waals surface area contributed by atoms with Gasteiger partial charge in [0, 0.05) is 39.2 Å². The zero-order valence-corrected chi connectivity index (χ0v) is 22.7. The van der Waals surface area contributed by atoms with E-state index < -0.39 is 0 Å². The Morgan fingerprint density at radius 1 is 0.917 bits per heavy atom. The SMILES string of the molecule is Cc1cccc(Cl)c1-n1c(=O)ccc2c(-c3ccccc3Cl)nc(C3CCN(C(C)(C)C)CC3)cc21. The summed E-state index contributed by atoms with van der Waals surface area (Å²) in [6.45, 7) is 10.8. The lowest BCUT2D eigenvalue weighted by Crippen LogP contribution is -2.45. The van der Waals surface area contributed by atoms with Crippen molar-refractivity contribution in [1.29, 1.82) is 0 Å². The van der Waals surface area contributed by atoms with Gasteiger partial charge in [-0.25, -0.2) is 0 Å². The lowest BCUT2D eigenvalue weighted by molar-refractivity contribution is 0.102. The number of para-hydroxylation sites is 1. The normalized spacial score (nSPS) is 15.5. The molecule has 1 fully saturated rings. The average Bonchev–Trinajstić information content (AvgIpc) is 2.84. The number of pyridine rings is 2. The van der Waals surface area contributed by atoms with Crippen molar-refractivity contribution >= 4 is 34.1 Å². The van der Waals surface area contributed by atoms with Gasteiger partial charge in [0.15, 0.2) is 0 Å². The van der Waals surface area contributed by atoms with Crippen molar-refractivity contribution in [1.82, 2.24) is 14.5 Å². The summed E-state index contributed by atoms with van der Waals surface area (Å²) in [5.41, 5.74) is 5.12. The van der Waals surface area contributed by atoms with E-state index in [4.69, 9.17) is 28.2 Å².